The highest BCUT2D eigenvalue weighted by atomic mass is 36.0. The molecule has 0 aliphatic carbocycles. The van der Waals surface area contributed by atoms with Crippen LogP contribution in [0.4, 0.5) is 0 Å². The van der Waals surface area contributed by atoms with Crippen molar-refractivity contribution >= 4 is 41.2 Å². The number of benzene rings is 1. The molecular weight excluding hydrogens is 279 g/mol. The van der Waals surface area contributed by atoms with Crippen LogP contribution in [0.5, 0.6) is 0 Å². The van der Waals surface area contributed by atoms with Gasteiger partial charge in [-0.15, -0.1) is 0 Å². The van der Waals surface area contributed by atoms with Crippen molar-refractivity contribution in [2.45, 2.75) is 19.8 Å². The van der Waals surface area contributed by atoms with Gasteiger partial charge in [0.05, 0.1) is 0 Å². The van der Waals surface area contributed by atoms with Crippen LogP contribution in [0.25, 0.3) is 0 Å². The Morgan fingerprint density at radius 3 is 1.93 bits per heavy atom. The van der Waals surface area contributed by atoms with Crippen LogP contribution < -0.4 is 0 Å². The van der Waals surface area contributed by atoms with Crippen molar-refractivity contribution in [3.8, 4) is 0 Å². The van der Waals surface area contributed by atoms with Crippen molar-refractivity contribution in [2.75, 3.05) is 0 Å². The van der Waals surface area contributed by atoms with Crippen LogP contribution in [0.3, 0.4) is 0 Å². The highest BCUT2D eigenvalue weighted by Crippen LogP contribution is 2.17. The molecular formula is C9H11Cl3O2S. The average molecular weight is 290 g/mol. The van der Waals surface area contributed by atoms with Crippen molar-refractivity contribution in [1.82, 2.24) is 0 Å². The molecule has 0 unspecified atom stereocenters. The molecule has 0 bridgehead atoms. The molecule has 0 saturated carbocycles. The monoisotopic (exact) mass is 288 g/mol. The van der Waals surface area contributed by atoms with E-state index in [1.165, 1.54) is 5.56 Å². The summed E-state index contributed by atoms with van der Waals surface area (Å²) in [7, 11) is 4.81. The van der Waals surface area contributed by atoms with Crippen LogP contribution >= 0.6 is 33.0 Å². The highest BCUT2D eigenvalue weighted by molar-refractivity contribution is 8.31. The van der Waals surface area contributed by atoms with Gasteiger partial charge in [0.1, 0.15) is 0 Å². The average Bonchev–Trinajstić information content (AvgIpc) is 2.00. The molecule has 1 aromatic carbocycles. The molecule has 0 heterocycles. The van der Waals surface area contributed by atoms with Crippen LogP contribution in [-0.4, -0.2) is 8.42 Å². The van der Waals surface area contributed by atoms with Crippen molar-refractivity contribution in [3.05, 3.63) is 34.9 Å². The molecule has 15 heavy (non-hydrogen) atoms. The van der Waals surface area contributed by atoms with E-state index in [4.69, 9.17) is 20.0 Å². The van der Waals surface area contributed by atoms with Crippen molar-refractivity contribution in [2.24, 2.45) is 0 Å². The SMILES string of the molecule is CC(C)c1cccc(Cl)c1.O=S(=O)(Cl)Cl. The third-order valence-electron chi connectivity index (χ3n) is 1.52. The minimum absolute atomic E-state index is 0.568. The quantitative estimate of drug-likeness (QED) is 0.727. The number of halogens is 3. The standard InChI is InChI=1S/C9H11Cl.Cl2O2S/c1-7(2)8-4-3-5-9(10)6-8;1-5(2,3)4/h3-7H,1-2H3;. The van der Waals surface area contributed by atoms with Crippen molar-refractivity contribution in [3.63, 3.8) is 0 Å². The molecule has 0 aromatic heterocycles. The molecule has 0 radical (unpaired) electrons. The Morgan fingerprint density at radius 2 is 1.67 bits per heavy atom. The lowest BCUT2D eigenvalue weighted by Crippen LogP contribution is -1.84. The first-order valence-electron chi connectivity index (χ1n) is 4.10. The van der Waals surface area contributed by atoms with Crippen LogP contribution in [0, 0.1) is 0 Å². The van der Waals surface area contributed by atoms with Gasteiger partial charge in [0, 0.05) is 26.4 Å². The summed E-state index contributed by atoms with van der Waals surface area (Å²) < 4.78 is 18.3. The minimum Gasteiger partial charge on any atom is -0.195 e. The fraction of sp³-hybridized carbons (Fsp3) is 0.333. The van der Waals surface area contributed by atoms with E-state index >= 15 is 0 Å². The smallest absolute Gasteiger partial charge is 0.195 e. The lowest BCUT2D eigenvalue weighted by molar-refractivity contribution is 0.621. The van der Waals surface area contributed by atoms with E-state index in [9.17, 15) is 0 Å². The third kappa shape index (κ3) is 10.3. The Hall–Kier alpha value is 0.0400. The first kappa shape index (κ1) is 15.0. The summed E-state index contributed by atoms with van der Waals surface area (Å²) in [5.74, 6) is 0.568. The van der Waals surface area contributed by atoms with E-state index in [1.54, 1.807) is 0 Å². The van der Waals surface area contributed by atoms with Gasteiger partial charge in [0.15, 0.2) is 0 Å². The third-order valence-corrected chi connectivity index (χ3v) is 1.75. The largest absolute Gasteiger partial charge is 0.317 e. The van der Waals surface area contributed by atoms with E-state index in [0.29, 0.717) is 5.92 Å². The van der Waals surface area contributed by atoms with Crippen LogP contribution in [-0.2, 0) is 8.26 Å². The second-order valence-electron chi connectivity index (χ2n) is 3.09. The molecule has 0 fully saturated rings. The maximum absolute atomic E-state index is 9.16. The topological polar surface area (TPSA) is 34.1 Å². The first-order valence-corrected chi connectivity index (χ1v) is 7.61. The summed E-state index contributed by atoms with van der Waals surface area (Å²) in [4.78, 5) is 0. The molecule has 0 atom stereocenters. The van der Waals surface area contributed by atoms with Crippen LogP contribution in [0.2, 0.25) is 5.02 Å². The maximum Gasteiger partial charge on any atom is 0.317 e. The Morgan fingerprint density at radius 1 is 1.20 bits per heavy atom. The molecule has 1 aromatic rings. The maximum atomic E-state index is 9.16. The lowest BCUT2D eigenvalue weighted by atomic mass is 10.0. The van der Waals surface area contributed by atoms with Gasteiger partial charge in [-0.05, 0) is 23.6 Å². The molecule has 0 aliphatic rings. The van der Waals surface area contributed by atoms with Crippen LogP contribution in [0.1, 0.15) is 25.3 Å². The van der Waals surface area contributed by atoms with E-state index in [-0.39, 0.29) is 0 Å². The first-order chi connectivity index (χ1) is 6.70. The van der Waals surface area contributed by atoms with Gasteiger partial charge in [-0.3, -0.25) is 0 Å². The molecule has 6 heteroatoms. The molecule has 0 amide bonds. The van der Waals surface area contributed by atoms with Gasteiger partial charge in [-0.25, -0.2) is 0 Å². The Bertz CT molecular complexity index is 394. The second-order valence-corrected chi connectivity index (χ2v) is 7.19. The Labute approximate surface area is 104 Å². The zero-order valence-electron chi connectivity index (χ0n) is 8.25. The number of rotatable bonds is 1. The molecule has 2 nitrogen and oxygen atoms in total. The number of hydrogen-bond acceptors (Lipinski definition) is 2. The van der Waals surface area contributed by atoms with Gasteiger partial charge >= 0.3 is 8.26 Å². The lowest BCUT2D eigenvalue weighted by Gasteiger charge is -2.03. The Balaban J connectivity index is 0.000000336. The van der Waals surface area contributed by atoms with Gasteiger partial charge in [0.25, 0.3) is 0 Å². The van der Waals surface area contributed by atoms with E-state index in [1.807, 2.05) is 18.2 Å². The van der Waals surface area contributed by atoms with Gasteiger partial charge in [-0.1, -0.05) is 37.6 Å². The fourth-order valence-electron chi connectivity index (χ4n) is 0.866. The normalized spacial score (nSPS) is 10.8. The molecule has 0 spiro atoms. The minimum atomic E-state index is -3.72. The van der Waals surface area contributed by atoms with Gasteiger partial charge < -0.3 is 0 Å². The zero-order valence-corrected chi connectivity index (χ0v) is 11.3. The van der Waals surface area contributed by atoms with E-state index in [0.717, 1.165) is 5.02 Å². The summed E-state index contributed by atoms with van der Waals surface area (Å²) >= 11 is 5.79. The second kappa shape index (κ2) is 6.59. The van der Waals surface area contributed by atoms with Gasteiger partial charge in [0.2, 0.25) is 0 Å². The predicted octanol–water partition coefficient (Wildman–Crippen LogP) is 4.17. The summed E-state index contributed by atoms with van der Waals surface area (Å²) in [5.41, 5.74) is 1.30. The molecule has 1 rings (SSSR count). The number of hydrogen-bond donors (Lipinski definition) is 0. The van der Waals surface area contributed by atoms with Gasteiger partial charge in [-0.2, -0.15) is 8.42 Å². The van der Waals surface area contributed by atoms with E-state index < -0.39 is 8.26 Å². The highest BCUT2D eigenvalue weighted by Gasteiger charge is 1.97. The molecule has 0 aliphatic heterocycles. The molecule has 0 N–H and O–H groups in total. The summed E-state index contributed by atoms with van der Waals surface area (Å²) in [6.07, 6.45) is 0. The predicted molar refractivity (Wildman–Crippen MR) is 66.2 cm³/mol. The zero-order chi connectivity index (χ0) is 12.1. The molecule has 0 saturated heterocycles. The van der Waals surface area contributed by atoms with E-state index in [2.05, 4.69) is 41.3 Å². The fourth-order valence-corrected chi connectivity index (χ4v) is 1.06. The summed E-state index contributed by atoms with van der Waals surface area (Å²) in [6.45, 7) is 4.32. The Kier molecular flexibility index (Phi) is 6.60. The molecule has 86 valence electrons. The van der Waals surface area contributed by atoms with Crippen molar-refractivity contribution < 1.29 is 8.42 Å². The van der Waals surface area contributed by atoms with Crippen LogP contribution in [0.15, 0.2) is 24.3 Å². The summed E-state index contributed by atoms with van der Waals surface area (Å²) in [6, 6.07) is 7.98. The summed E-state index contributed by atoms with van der Waals surface area (Å²) in [5, 5.41) is 0.825. The van der Waals surface area contributed by atoms with Crippen molar-refractivity contribution in [1.29, 1.82) is 0 Å².